The number of piperidine rings is 1. The molecule has 7 nitrogen and oxygen atoms in total. The van der Waals surface area contributed by atoms with Gasteiger partial charge in [-0.15, -0.1) is 34.2 Å². The van der Waals surface area contributed by atoms with Gasteiger partial charge in [-0.1, -0.05) is 6.42 Å². The van der Waals surface area contributed by atoms with Crippen molar-refractivity contribution in [3.8, 4) is 0 Å². The number of hydrogen-bond acceptors (Lipinski definition) is 4. The first-order valence-electron chi connectivity index (χ1n) is 10.1. The fourth-order valence-corrected chi connectivity index (χ4v) is 4.07. The average Bonchev–Trinajstić information content (AvgIpc) is 3.03. The summed E-state index contributed by atoms with van der Waals surface area (Å²) in [5.74, 6) is 3.65. The summed E-state index contributed by atoms with van der Waals surface area (Å²) < 4.78 is 2.26. The van der Waals surface area contributed by atoms with Crippen molar-refractivity contribution in [1.29, 1.82) is 0 Å². The van der Waals surface area contributed by atoms with Crippen molar-refractivity contribution in [2.75, 3.05) is 33.2 Å². The molecule has 1 saturated heterocycles. The number of fused-ring (bicyclic) bond motifs is 1. The number of nitrogens with one attached hydrogen (secondary N) is 2. The van der Waals surface area contributed by atoms with E-state index in [1.165, 1.54) is 32.4 Å². The molecule has 0 bridgehead atoms. The molecular weight excluding hydrogens is 453 g/mol. The van der Waals surface area contributed by atoms with Gasteiger partial charge in [-0.2, -0.15) is 0 Å². The standard InChI is InChI=1S/C19H35N7.HI/c1-15-23-24-17-9-8-16(13-26(15)17)12-21-18(20-4)22-14-19(2,3)25-10-6-5-7-11-25;/h16H,5-14H2,1-4H3,(H2,20,21,22);1H. The van der Waals surface area contributed by atoms with Crippen molar-refractivity contribution in [2.24, 2.45) is 10.9 Å². The molecule has 27 heavy (non-hydrogen) atoms. The number of aromatic nitrogens is 3. The van der Waals surface area contributed by atoms with Gasteiger partial charge in [0, 0.05) is 38.6 Å². The van der Waals surface area contributed by atoms with Crippen LogP contribution in [0.15, 0.2) is 4.99 Å². The largest absolute Gasteiger partial charge is 0.356 e. The van der Waals surface area contributed by atoms with Crippen molar-refractivity contribution in [3.63, 3.8) is 0 Å². The Labute approximate surface area is 180 Å². The predicted octanol–water partition coefficient (Wildman–Crippen LogP) is 2.20. The van der Waals surface area contributed by atoms with Crippen LogP contribution in [0.2, 0.25) is 0 Å². The monoisotopic (exact) mass is 489 g/mol. The van der Waals surface area contributed by atoms with E-state index in [0.717, 1.165) is 50.1 Å². The number of aryl methyl sites for hydroxylation is 2. The lowest BCUT2D eigenvalue weighted by Gasteiger charge is -2.41. The Morgan fingerprint density at radius 2 is 1.93 bits per heavy atom. The maximum atomic E-state index is 4.42. The molecule has 1 fully saturated rings. The highest BCUT2D eigenvalue weighted by atomic mass is 127. The van der Waals surface area contributed by atoms with Crippen molar-refractivity contribution < 1.29 is 0 Å². The highest BCUT2D eigenvalue weighted by Gasteiger charge is 2.28. The maximum absolute atomic E-state index is 4.42. The van der Waals surface area contributed by atoms with Crippen LogP contribution >= 0.6 is 24.0 Å². The van der Waals surface area contributed by atoms with Gasteiger partial charge < -0.3 is 15.2 Å². The zero-order valence-electron chi connectivity index (χ0n) is 17.3. The van der Waals surface area contributed by atoms with Gasteiger partial charge >= 0.3 is 0 Å². The number of hydrogen-bond donors (Lipinski definition) is 2. The van der Waals surface area contributed by atoms with E-state index in [0.29, 0.717) is 5.92 Å². The van der Waals surface area contributed by atoms with Crippen LogP contribution < -0.4 is 10.6 Å². The molecular formula is C19H36IN7. The smallest absolute Gasteiger partial charge is 0.191 e. The molecule has 1 unspecified atom stereocenters. The fraction of sp³-hybridized carbons (Fsp3) is 0.842. The molecule has 0 amide bonds. The van der Waals surface area contributed by atoms with E-state index in [1.807, 2.05) is 14.0 Å². The third-order valence-electron chi connectivity index (χ3n) is 5.91. The summed E-state index contributed by atoms with van der Waals surface area (Å²) in [5.41, 5.74) is 0.150. The second-order valence-electron chi connectivity index (χ2n) is 8.35. The van der Waals surface area contributed by atoms with E-state index in [4.69, 9.17) is 0 Å². The van der Waals surface area contributed by atoms with Crippen LogP contribution in [0.1, 0.15) is 51.2 Å². The number of aliphatic imine (C=N–C) groups is 1. The minimum Gasteiger partial charge on any atom is -0.356 e. The average molecular weight is 489 g/mol. The van der Waals surface area contributed by atoms with Crippen LogP contribution in [0, 0.1) is 12.8 Å². The number of rotatable bonds is 5. The Balaban J connectivity index is 0.00000261. The van der Waals surface area contributed by atoms with Crippen LogP contribution in [0.25, 0.3) is 0 Å². The summed E-state index contributed by atoms with van der Waals surface area (Å²) in [6.07, 6.45) is 6.19. The van der Waals surface area contributed by atoms with Crippen LogP contribution in [0.4, 0.5) is 0 Å². The molecule has 3 rings (SSSR count). The summed E-state index contributed by atoms with van der Waals surface area (Å²) in [5, 5.41) is 15.5. The lowest BCUT2D eigenvalue weighted by Crippen LogP contribution is -2.55. The van der Waals surface area contributed by atoms with Crippen molar-refractivity contribution in [3.05, 3.63) is 11.6 Å². The Morgan fingerprint density at radius 1 is 1.19 bits per heavy atom. The number of halogens is 1. The molecule has 3 heterocycles. The Morgan fingerprint density at radius 3 is 2.63 bits per heavy atom. The van der Waals surface area contributed by atoms with E-state index in [9.17, 15) is 0 Å². The Hall–Kier alpha value is -0.900. The molecule has 0 radical (unpaired) electrons. The molecule has 2 N–H and O–H groups in total. The molecule has 2 aliphatic heterocycles. The van der Waals surface area contributed by atoms with Crippen LogP contribution in [-0.4, -0.2) is 64.4 Å². The first-order chi connectivity index (χ1) is 12.5. The summed E-state index contributed by atoms with van der Waals surface area (Å²) in [7, 11) is 1.85. The van der Waals surface area contributed by atoms with Gasteiger partial charge in [-0.05, 0) is 59.0 Å². The molecule has 0 aromatic carbocycles. The topological polar surface area (TPSA) is 70.4 Å². The normalized spacial score (nSPS) is 21.3. The highest BCUT2D eigenvalue weighted by molar-refractivity contribution is 14.0. The second kappa shape index (κ2) is 10.0. The Bertz CT molecular complexity index is 620. The summed E-state index contributed by atoms with van der Waals surface area (Å²) >= 11 is 0. The summed E-state index contributed by atoms with van der Waals surface area (Å²) in [4.78, 5) is 7.02. The predicted molar refractivity (Wildman–Crippen MR) is 121 cm³/mol. The van der Waals surface area contributed by atoms with Crippen LogP contribution in [0.5, 0.6) is 0 Å². The van der Waals surface area contributed by atoms with Gasteiger partial charge in [0.15, 0.2) is 5.96 Å². The van der Waals surface area contributed by atoms with Gasteiger partial charge in [0.2, 0.25) is 0 Å². The molecule has 1 atom stereocenters. The summed E-state index contributed by atoms with van der Waals surface area (Å²) in [6, 6.07) is 0. The van der Waals surface area contributed by atoms with Gasteiger partial charge in [-0.3, -0.25) is 9.89 Å². The van der Waals surface area contributed by atoms with E-state index in [-0.39, 0.29) is 29.5 Å². The molecule has 0 saturated carbocycles. The molecule has 154 valence electrons. The van der Waals surface area contributed by atoms with Crippen molar-refractivity contribution >= 4 is 29.9 Å². The highest BCUT2D eigenvalue weighted by Crippen LogP contribution is 2.20. The maximum Gasteiger partial charge on any atom is 0.191 e. The fourth-order valence-electron chi connectivity index (χ4n) is 4.07. The zero-order chi connectivity index (χ0) is 18.6. The number of nitrogens with zero attached hydrogens (tertiary/aromatic N) is 5. The number of guanidine groups is 1. The molecule has 0 aliphatic carbocycles. The lowest BCUT2D eigenvalue weighted by molar-refractivity contribution is 0.0982. The minimum absolute atomic E-state index is 0. The van der Waals surface area contributed by atoms with Crippen molar-refractivity contribution in [2.45, 2.75) is 65.0 Å². The van der Waals surface area contributed by atoms with E-state index >= 15 is 0 Å². The second-order valence-corrected chi connectivity index (χ2v) is 8.35. The van der Waals surface area contributed by atoms with Gasteiger partial charge in [0.05, 0.1) is 0 Å². The third kappa shape index (κ3) is 5.79. The molecule has 8 heteroatoms. The first-order valence-corrected chi connectivity index (χ1v) is 10.1. The van der Waals surface area contributed by atoms with Crippen molar-refractivity contribution in [1.82, 2.24) is 30.3 Å². The SMILES string of the molecule is CN=C(NCC1CCc2nnc(C)n2C1)NCC(C)(C)N1CCCCC1.I. The Kier molecular flexibility index (Phi) is 8.33. The molecule has 2 aliphatic rings. The van der Waals surface area contributed by atoms with E-state index in [1.54, 1.807) is 0 Å². The van der Waals surface area contributed by atoms with Gasteiger partial charge in [0.25, 0.3) is 0 Å². The summed E-state index contributed by atoms with van der Waals surface area (Å²) in [6.45, 7) is 12.0. The zero-order valence-corrected chi connectivity index (χ0v) is 19.6. The third-order valence-corrected chi connectivity index (χ3v) is 5.91. The molecule has 1 aromatic rings. The lowest BCUT2D eigenvalue weighted by atomic mass is 9.98. The van der Waals surface area contributed by atoms with Gasteiger partial charge in [0.1, 0.15) is 11.6 Å². The first kappa shape index (κ1) is 22.4. The molecule has 0 spiro atoms. The van der Waals surface area contributed by atoms with E-state index in [2.05, 4.69) is 49.1 Å². The minimum atomic E-state index is 0. The quantitative estimate of drug-likeness (QED) is 0.377. The van der Waals surface area contributed by atoms with Crippen LogP contribution in [-0.2, 0) is 13.0 Å². The van der Waals surface area contributed by atoms with Crippen LogP contribution in [0.3, 0.4) is 0 Å². The molecule has 1 aromatic heterocycles. The van der Waals surface area contributed by atoms with E-state index < -0.39 is 0 Å². The van der Waals surface area contributed by atoms with Gasteiger partial charge in [-0.25, -0.2) is 0 Å². The number of likely N-dealkylation sites (tertiary alicyclic amines) is 1.